The predicted octanol–water partition coefficient (Wildman–Crippen LogP) is 4.01. The van der Waals surface area contributed by atoms with E-state index in [4.69, 9.17) is 23.8 Å². The number of hydrogen-bond acceptors (Lipinski definition) is 2. The zero-order valence-electron chi connectivity index (χ0n) is 11.0. The van der Waals surface area contributed by atoms with Crippen molar-refractivity contribution in [2.45, 2.75) is 25.8 Å². The molecule has 1 aromatic carbocycles. The van der Waals surface area contributed by atoms with E-state index in [1.807, 2.05) is 18.2 Å². The van der Waals surface area contributed by atoms with Crippen molar-refractivity contribution >= 4 is 34.9 Å². The van der Waals surface area contributed by atoms with Crippen LogP contribution in [0.2, 0.25) is 5.02 Å². The Kier molecular flexibility index (Phi) is 3.65. The van der Waals surface area contributed by atoms with Crippen molar-refractivity contribution in [1.82, 2.24) is 14.5 Å². The molecule has 1 saturated heterocycles. The van der Waals surface area contributed by atoms with Gasteiger partial charge in [-0.3, -0.25) is 0 Å². The summed E-state index contributed by atoms with van der Waals surface area (Å²) in [5.41, 5.74) is 2.05. The van der Waals surface area contributed by atoms with Gasteiger partial charge in [0.2, 0.25) is 0 Å². The van der Waals surface area contributed by atoms with E-state index in [9.17, 15) is 0 Å². The average molecular weight is 296 g/mol. The molecule has 0 aliphatic carbocycles. The zero-order valence-corrected chi connectivity index (χ0v) is 12.6. The minimum Gasteiger partial charge on any atom is -0.331 e. The van der Waals surface area contributed by atoms with Crippen molar-refractivity contribution in [3.8, 4) is 0 Å². The van der Waals surface area contributed by atoms with Crippen LogP contribution in [-0.2, 0) is 0 Å². The lowest BCUT2D eigenvalue weighted by atomic mass is 10.2. The molecule has 1 unspecified atom stereocenters. The summed E-state index contributed by atoms with van der Waals surface area (Å²) < 4.78 is 2.92. The second-order valence-electron chi connectivity index (χ2n) is 5.29. The van der Waals surface area contributed by atoms with Crippen LogP contribution in [0.3, 0.4) is 0 Å². The molecule has 1 fully saturated rings. The van der Waals surface area contributed by atoms with Crippen LogP contribution in [0, 0.1) is 4.77 Å². The number of hydrogen-bond donors (Lipinski definition) is 1. The molecule has 0 spiro atoms. The van der Waals surface area contributed by atoms with Gasteiger partial charge >= 0.3 is 0 Å². The topological polar surface area (TPSA) is 24.0 Å². The highest BCUT2D eigenvalue weighted by Gasteiger charge is 2.18. The Morgan fingerprint density at radius 3 is 2.84 bits per heavy atom. The van der Waals surface area contributed by atoms with Crippen LogP contribution in [0.4, 0.5) is 0 Å². The molecule has 0 bridgehead atoms. The maximum absolute atomic E-state index is 6.34. The number of para-hydroxylation sites is 1. The van der Waals surface area contributed by atoms with Gasteiger partial charge in [0.05, 0.1) is 16.1 Å². The summed E-state index contributed by atoms with van der Waals surface area (Å²) in [4.78, 5) is 5.75. The van der Waals surface area contributed by atoms with Gasteiger partial charge in [-0.2, -0.15) is 0 Å². The molecule has 1 atom stereocenters. The molecular weight excluding hydrogens is 278 g/mol. The average Bonchev–Trinajstić information content (AvgIpc) is 2.96. The van der Waals surface area contributed by atoms with Gasteiger partial charge in [0.15, 0.2) is 4.77 Å². The summed E-state index contributed by atoms with van der Waals surface area (Å²) in [6.45, 7) is 5.65. The first kappa shape index (κ1) is 13.2. The van der Waals surface area contributed by atoms with E-state index < -0.39 is 0 Å². The Balaban J connectivity index is 1.99. The summed E-state index contributed by atoms with van der Waals surface area (Å²) in [7, 11) is 0. The number of aromatic nitrogens is 2. The van der Waals surface area contributed by atoms with Crippen molar-refractivity contribution in [2.75, 3.05) is 19.6 Å². The van der Waals surface area contributed by atoms with Crippen molar-refractivity contribution in [3.63, 3.8) is 0 Å². The monoisotopic (exact) mass is 295 g/mol. The van der Waals surface area contributed by atoms with Crippen LogP contribution in [0.5, 0.6) is 0 Å². The fourth-order valence-electron chi connectivity index (χ4n) is 2.98. The number of likely N-dealkylation sites (tertiary alicyclic amines) is 1. The number of fused-ring (bicyclic) bond motifs is 1. The molecule has 1 aliphatic heterocycles. The zero-order chi connectivity index (χ0) is 13.4. The van der Waals surface area contributed by atoms with E-state index in [0.717, 1.165) is 27.4 Å². The van der Waals surface area contributed by atoms with E-state index in [1.54, 1.807) is 0 Å². The maximum atomic E-state index is 6.34. The summed E-state index contributed by atoms with van der Waals surface area (Å²) in [6, 6.07) is 6.23. The van der Waals surface area contributed by atoms with Gasteiger partial charge in [-0.1, -0.05) is 17.7 Å². The molecular formula is C14H18ClN3S. The largest absolute Gasteiger partial charge is 0.331 e. The minimum absolute atomic E-state index is 0.333. The van der Waals surface area contributed by atoms with Crippen LogP contribution < -0.4 is 0 Å². The second kappa shape index (κ2) is 5.27. The highest BCUT2D eigenvalue weighted by molar-refractivity contribution is 7.71. The highest BCUT2D eigenvalue weighted by atomic mass is 35.5. The van der Waals surface area contributed by atoms with Gasteiger partial charge < -0.3 is 14.5 Å². The highest BCUT2D eigenvalue weighted by Crippen LogP contribution is 2.27. The number of nitrogens with one attached hydrogen (secondary N) is 1. The normalized spacial score (nSPS) is 18.2. The van der Waals surface area contributed by atoms with E-state index in [0.29, 0.717) is 6.04 Å². The van der Waals surface area contributed by atoms with Gasteiger partial charge in [0, 0.05) is 12.6 Å². The molecule has 19 heavy (non-hydrogen) atoms. The third-order valence-corrected chi connectivity index (χ3v) is 4.45. The van der Waals surface area contributed by atoms with Gasteiger partial charge in [-0.05, 0) is 57.2 Å². The molecule has 1 N–H and O–H groups in total. The first-order valence-corrected chi connectivity index (χ1v) is 7.56. The van der Waals surface area contributed by atoms with Crippen LogP contribution in [-0.4, -0.2) is 34.1 Å². The molecule has 0 radical (unpaired) electrons. The summed E-state index contributed by atoms with van der Waals surface area (Å²) in [5.74, 6) is 0. The van der Waals surface area contributed by atoms with E-state index in [2.05, 4.69) is 21.4 Å². The molecule has 3 nitrogen and oxygen atoms in total. The van der Waals surface area contributed by atoms with Crippen molar-refractivity contribution in [2.24, 2.45) is 0 Å². The smallest absolute Gasteiger partial charge is 0.178 e. The molecule has 1 aromatic heterocycles. The minimum atomic E-state index is 0.333. The molecule has 3 rings (SSSR count). The summed E-state index contributed by atoms with van der Waals surface area (Å²) in [5, 5.41) is 0.762. The number of benzene rings is 1. The van der Waals surface area contributed by atoms with Gasteiger partial charge in [0.25, 0.3) is 0 Å². The van der Waals surface area contributed by atoms with Crippen LogP contribution in [0.15, 0.2) is 18.2 Å². The lowest BCUT2D eigenvalue weighted by Crippen LogP contribution is -2.27. The fourth-order valence-corrected chi connectivity index (χ4v) is 3.63. The van der Waals surface area contributed by atoms with Crippen LogP contribution >= 0.6 is 23.8 Å². The third-order valence-electron chi connectivity index (χ3n) is 3.85. The Hall–Kier alpha value is -0.840. The number of imidazole rings is 1. The lowest BCUT2D eigenvalue weighted by Gasteiger charge is -2.22. The molecule has 2 heterocycles. The Morgan fingerprint density at radius 1 is 1.37 bits per heavy atom. The van der Waals surface area contributed by atoms with Crippen LogP contribution in [0.25, 0.3) is 11.0 Å². The van der Waals surface area contributed by atoms with Gasteiger partial charge in [-0.15, -0.1) is 0 Å². The molecule has 102 valence electrons. The SMILES string of the molecule is CC(CN1CCCC1)n1c(=S)[nH]c2cccc(Cl)c21. The molecule has 0 saturated carbocycles. The van der Waals surface area contributed by atoms with E-state index in [1.165, 1.54) is 25.9 Å². The van der Waals surface area contributed by atoms with Crippen molar-refractivity contribution < 1.29 is 0 Å². The standard InChI is InChI=1S/C14H18ClN3S/c1-10(9-17-7-2-3-8-17)18-13-11(15)5-4-6-12(13)16-14(18)19/h4-6,10H,2-3,7-9H2,1H3,(H,16,19). The summed E-state index contributed by atoms with van der Waals surface area (Å²) >= 11 is 11.8. The lowest BCUT2D eigenvalue weighted by molar-refractivity contribution is 0.289. The molecule has 5 heteroatoms. The summed E-state index contributed by atoms with van der Waals surface area (Å²) in [6.07, 6.45) is 2.62. The second-order valence-corrected chi connectivity index (χ2v) is 6.09. The first-order valence-electron chi connectivity index (χ1n) is 6.78. The molecule has 2 aromatic rings. The third kappa shape index (κ3) is 2.45. The van der Waals surface area contributed by atoms with Gasteiger partial charge in [0.1, 0.15) is 0 Å². The van der Waals surface area contributed by atoms with Gasteiger partial charge in [-0.25, -0.2) is 0 Å². The van der Waals surface area contributed by atoms with Crippen molar-refractivity contribution in [1.29, 1.82) is 0 Å². The fraction of sp³-hybridized carbons (Fsp3) is 0.500. The Bertz CT molecular complexity index is 640. The molecule has 0 amide bonds. The first-order chi connectivity index (χ1) is 9.16. The van der Waals surface area contributed by atoms with Crippen molar-refractivity contribution in [3.05, 3.63) is 28.0 Å². The predicted molar refractivity (Wildman–Crippen MR) is 82.5 cm³/mol. The van der Waals surface area contributed by atoms with Crippen LogP contribution in [0.1, 0.15) is 25.8 Å². The van der Waals surface area contributed by atoms with E-state index >= 15 is 0 Å². The number of nitrogens with zero attached hydrogens (tertiary/aromatic N) is 2. The number of rotatable bonds is 3. The Labute approximate surface area is 123 Å². The quantitative estimate of drug-likeness (QED) is 0.865. The van der Waals surface area contributed by atoms with E-state index in [-0.39, 0.29) is 0 Å². The number of halogens is 1. The maximum Gasteiger partial charge on any atom is 0.178 e. The number of H-pyrrole nitrogens is 1. The Morgan fingerprint density at radius 2 is 2.11 bits per heavy atom. The number of aromatic amines is 1. The molecule has 1 aliphatic rings.